The van der Waals surface area contributed by atoms with Gasteiger partial charge in [0, 0.05) is 13.0 Å². The number of alkyl carbamates (subject to hydrolysis) is 1. The van der Waals surface area contributed by atoms with Crippen LogP contribution < -0.4 is 10.6 Å². The minimum Gasteiger partial charge on any atom is -0.493 e. The number of carbonyl (C=O) groups excluding carboxylic acids is 3. The van der Waals surface area contributed by atoms with Gasteiger partial charge in [-0.25, -0.2) is 9.48 Å². The molecule has 3 N–H and O–H groups in total. The fourth-order valence-electron chi connectivity index (χ4n) is 4.68. The van der Waals surface area contributed by atoms with Crippen molar-refractivity contribution in [1.82, 2.24) is 25.3 Å². The lowest BCUT2D eigenvalue weighted by atomic mass is 10.0. The maximum absolute atomic E-state index is 13.8. The van der Waals surface area contributed by atoms with Gasteiger partial charge in [0.05, 0.1) is 37.6 Å². The topological polar surface area (TPSA) is 135 Å². The van der Waals surface area contributed by atoms with E-state index in [9.17, 15) is 19.5 Å². The van der Waals surface area contributed by atoms with Crippen LogP contribution in [0.5, 0.6) is 5.88 Å². The Hall–Kier alpha value is -4.38. The first-order valence-electron chi connectivity index (χ1n) is 14.4. The van der Waals surface area contributed by atoms with Crippen LogP contribution in [0, 0.1) is 0 Å². The lowest BCUT2D eigenvalue weighted by Gasteiger charge is -2.33. The summed E-state index contributed by atoms with van der Waals surface area (Å²) in [5.74, 6) is -0.924. The van der Waals surface area contributed by atoms with Gasteiger partial charge in [-0.2, -0.15) is 5.10 Å². The van der Waals surface area contributed by atoms with E-state index in [0.29, 0.717) is 25.1 Å². The zero-order valence-electron chi connectivity index (χ0n) is 25.4. The van der Waals surface area contributed by atoms with Gasteiger partial charge in [-0.3, -0.25) is 9.59 Å². The lowest BCUT2D eigenvalue weighted by Crippen LogP contribution is -2.60. The number of aromatic nitrogens is 2. The maximum Gasteiger partial charge on any atom is 0.408 e. The number of amides is 3. The Balaban J connectivity index is 1.47. The Labute approximate surface area is 252 Å². The molecular formula is C32H41N5O6. The third-order valence-corrected chi connectivity index (χ3v) is 6.94. The Morgan fingerprint density at radius 3 is 2.23 bits per heavy atom. The molecule has 0 saturated carbocycles. The number of nitrogens with one attached hydrogen (secondary N) is 2. The van der Waals surface area contributed by atoms with Crippen molar-refractivity contribution in [1.29, 1.82) is 0 Å². The van der Waals surface area contributed by atoms with E-state index in [0.717, 1.165) is 16.8 Å². The zero-order chi connectivity index (χ0) is 31.2. The number of benzene rings is 2. The molecule has 0 radical (unpaired) electrons. The van der Waals surface area contributed by atoms with Crippen molar-refractivity contribution in [3.05, 3.63) is 83.0 Å². The first-order chi connectivity index (χ1) is 20.3. The summed E-state index contributed by atoms with van der Waals surface area (Å²) in [7, 11) is 0. The summed E-state index contributed by atoms with van der Waals surface area (Å²) >= 11 is 0. The molecule has 3 amide bonds. The second-order valence-corrected chi connectivity index (χ2v) is 12.2. The van der Waals surface area contributed by atoms with Crippen molar-refractivity contribution in [2.24, 2.45) is 0 Å². The molecular weight excluding hydrogens is 550 g/mol. The van der Waals surface area contributed by atoms with Crippen LogP contribution in [0.4, 0.5) is 4.79 Å². The first-order valence-corrected chi connectivity index (χ1v) is 14.4. The van der Waals surface area contributed by atoms with Crippen LogP contribution in [-0.2, 0) is 45.2 Å². The molecule has 43 heavy (non-hydrogen) atoms. The normalized spacial score (nSPS) is 14.0. The van der Waals surface area contributed by atoms with E-state index >= 15 is 0 Å². The average Bonchev–Trinajstić information content (AvgIpc) is 3.25. The highest BCUT2D eigenvalue weighted by Crippen LogP contribution is 2.28. The highest BCUT2D eigenvalue weighted by atomic mass is 16.6. The Kier molecular flexibility index (Phi) is 9.75. The standard InChI is InChI=1S/C32H41N5O6/c1-31(2,3)43-30(41)34-32(4,5)29(40)33-26(21-42-20-23-14-10-7-11-15-23)28(39)36-17-16-25-24(19-36)27(38)37(35-25)18-22-12-8-6-9-13-22/h6-15,26,38H,16-21H2,1-5H3,(H,33,40)(H,34,41)/t26-/m1/s1. The van der Waals surface area contributed by atoms with Gasteiger partial charge in [-0.05, 0) is 45.7 Å². The van der Waals surface area contributed by atoms with Crippen molar-refractivity contribution in [2.45, 2.75) is 77.9 Å². The monoisotopic (exact) mass is 591 g/mol. The van der Waals surface area contributed by atoms with Gasteiger partial charge >= 0.3 is 6.09 Å². The number of carbonyl (C=O) groups is 3. The molecule has 1 aliphatic heterocycles. The molecule has 2 heterocycles. The minimum absolute atomic E-state index is 0.0139. The van der Waals surface area contributed by atoms with E-state index in [2.05, 4.69) is 15.7 Å². The maximum atomic E-state index is 13.8. The van der Waals surface area contributed by atoms with Crippen molar-refractivity contribution in [3.8, 4) is 5.88 Å². The largest absolute Gasteiger partial charge is 0.493 e. The fraction of sp³-hybridized carbons (Fsp3) is 0.438. The number of nitrogens with zero attached hydrogens (tertiary/aromatic N) is 3. The van der Waals surface area contributed by atoms with Crippen LogP contribution in [0.15, 0.2) is 60.7 Å². The highest BCUT2D eigenvalue weighted by Gasteiger charge is 2.37. The molecule has 11 nitrogen and oxygen atoms in total. The number of aromatic hydroxyl groups is 1. The molecule has 1 aliphatic rings. The van der Waals surface area contributed by atoms with Gasteiger partial charge in [-0.15, -0.1) is 0 Å². The molecule has 0 saturated heterocycles. The van der Waals surface area contributed by atoms with Gasteiger partial charge in [0.2, 0.25) is 17.7 Å². The SMILES string of the molecule is CC(C)(C)OC(=O)NC(C)(C)C(=O)N[C@H](COCc1ccccc1)C(=O)N1CCc2nn(Cc3ccccc3)c(O)c2C1. The number of ether oxygens (including phenoxy) is 2. The summed E-state index contributed by atoms with van der Waals surface area (Å²) < 4.78 is 12.7. The smallest absolute Gasteiger partial charge is 0.408 e. The molecule has 1 aromatic heterocycles. The third kappa shape index (κ3) is 8.57. The minimum atomic E-state index is -1.38. The van der Waals surface area contributed by atoms with E-state index in [1.165, 1.54) is 13.8 Å². The van der Waals surface area contributed by atoms with Crippen LogP contribution in [-0.4, -0.2) is 68.0 Å². The van der Waals surface area contributed by atoms with E-state index in [4.69, 9.17) is 9.47 Å². The van der Waals surface area contributed by atoms with E-state index in [-0.39, 0.29) is 31.5 Å². The molecule has 0 unspecified atom stereocenters. The van der Waals surface area contributed by atoms with Crippen LogP contribution in [0.25, 0.3) is 0 Å². The molecule has 0 fully saturated rings. The summed E-state index contributed by atoms with van der Waals surface area (Å²) in [5.41, 5.74) is 1.11. The van der Waals surface area contributed by atoms with Gasteiger partial charge in [0.15, 0.2) is 0 Å². The Morgan fingerprint density at radius 2 is 1.60 bits per heavy atom. The Morgan fingerprint density at radius 1 is 0.977 bits per heavy atom. The molecule has 230 valence electrons. The van der Waals surface area contributed by atoms with Crippen LogP contribution >= 0.6 is 0 Å². The van der Waals surface area contributed by atoms with E-state index in [1.54, 1.807) is 30.4 Å². The van der Waals surface area contributed by atoms with Crippen LogP contribution in [0.3, 0.4) is 0 Å². The lowest BCUT2D eigenvalue weighted by molar-refractivity contribution is -0.140. The summed E-state index contributed by atoms with van der Waals surface area (Å²) in [6.45, 7) is 9.30. The van der Waals surface area contributed by atoms with Crippen molar-refractivity contribution >= 4 is 17.9 Å². The third-order valence-electron chi connectivity index (χ3n) is 6.94. The molecule has 0 bridgehead atoms. The molecule has 0 aliphatic carbocycles. The number of hydrogen-bond acceptors (Lipinski definition) is 7. The molecule has 4 rings (SSSR count). The highest BCUT2D eigenvalue weighted by molar-refractivity contribution is 5.93. The van der Waals surface area contributed by atoms with Gasteiger partial charge in [-0.1, -0.05) is 60.7 Å². The summed E-state index contributed by atoms with van der Waals surface area (Å²) in [6.07, 6.45) is -0.296. The Bertz CT molecular complexity index is 1420. The van der Waals surface area contributed by atoms with E-state index < -0.39 is 29.2 Å². The van der Waals surface area contributed by atoms with Crippen molar-refractivity contribution < 1.29 is 29.0 Å². The molecule has 2 aromatic carbocycles. The van der Waals surface area contributed by atoms with E-state index in [1.807, 2.05) is 60.7 Å². The number of fused-ring (bicyclic) bond motifs is 1. The first kappa shape index (κ1) is 31.6. The van der Waals surface area contributed by atoms with Crippen LogP contribution in [0.2, 0.25) is 0 Å². The molecule has 11 heteroatoms. The van der Waals surface area contributed by atoms with Gasteiger partial charge in [0.25, 0.3) is 0 Å². The number of hydrogen-bond donors (Lipinski definition) is 3. The summed E-state index contributed by atoms with van der Waals surface area (Å²) in [4.78, 5) is 41.2. The number of rotatable bonds is 10. The summed E-state index contributed by atoms with van der Waals surface area (Å²) in [6, 6.07) is 18.1. The second kappa shape index (κ2) is 13.3. The molecule has 1 atom stereocenters. The molecule has 0 spiro atoms. The van der Waals surface area contributed by atoms with Gasteiger partial charge < -0.3 is 30.1 Å². The zero-order valence-corrected chi connectivity index (χ0v) is 25.4. The molecule has 3 aromatic rings. The second-order valence-electron chi connectivity index (χ2n) is 12.2. The fourth-order valence-corrected chi connectivity index (χ4v) is 4.68. The van der Waals surface area contributed by atoms with Crippen LogP contribution in [0.1, 0.15) is 57.0 Å². The quantitative estimate of drug-likeness (QED) is 0.328. The van der Waals surface area contributed by atoms with Crippen molar-refractivity contribution in [2.75, 3.05) is 13.2 Å². The van der Waals surface area contributed by atoms with Crippen molar-refractivity contribution in [3.63, 3.8) is 0 Å². The predicted molar refractivity (Wildman–Crippen MR) is 160 cm³/mol. The van der Waals surface area contributed by atoms with Gasteiger partial charge in [0.1, 0.15) is 17.2 Å². The predicted octanol–water partition coefficient (Wildman–Crippen LogP) is 3.53. The summed E-state index contributed by atoms with van der Waals surface area (Å²) in [5, 5.41) is 20.9. The average molecular weight is 592 g/mol.